The third kappa shape index (κ3) is 3.90. The number of carbonyl (C=O) groups excluding carboxylic acids is 1. The number of hydrogen-bond donors (Lipinski definition) is 2. The predicted molar refractivity (Wildman–Crippen MR) is 102 cm³/mol. The molecule has 142 valence electrons. The molecule has 0 saturated carbocycles. The van der Waals surface area contributed by atoms with Crippen LogP contribution < -0.4 is 0 Å². The van der Waals surface area contributed by atoms with E-state index in [0.29, 0.717) is 25.9 Å². The minimum absolute atomic E-state index is 0.00918. The molecule has 2 aromatic heterocycles. The van der Waals surface area contributed by atoms with E-state index in [1.54, 1.807) is 4.90 Å². The second-order valence-electron chi connectivity index (χ2n) is 7.48. The van der Waals surface area contributed by atoms with Gasteiger partial charge in [-0.3, -0.25) is 4.79 Å². The number of hydrogen-bond acceptors (Lipinski definition) is 4. The number of para-hydroxylation sites is 1. The van der Waals surface area contributed by atoms with Gasteiger partial charge in [0, 0.05) is 55.0 Å². The van der Waals surface area contributed by atoms with Gasteiger partial charge in [-0.25, -0.2) is 0 Å². The molecule has 4 rings (SSSR count). The van der Waals surface area contributed by atoms with E-state index in [2.05, 4.69) is 22.3 Å². The first-order valence-corrected chi connectivity index (χ1v) is 9.53. The van der Waals surface area contributed by atoms with Crippen LogP contribution in [0.25, 0.3) is 10.9 Å². The maximum atomic E-state index is 12.6. The topological polar surface area (TPSA) is 82.4 Å². The maximum Gasteiger partial charge on any atom is 0.222 e. The van der Waals surface area contributed by atoms with Crippen LogP contribution in [-0.4, -0.2) is 45.2 Å². The quantitative estimate of drug-likeness (QED) is 0.702. The zero-order valence-corrected chi connectivity index (χ0v) is 15.5. The van der Waals surface area contributed by atoms with E-state index < -0.39 is 6.10 Å². The van der Waals surface area contributed by atoms with Crippen LogP contribution in [0.5, 0.6) is 0 Å². The van der Waals surface area contributed by atoms with Crippen molar-refractivity contribution >= 4 is 16.8 Å². The number of aliphatic hydroxyl groups excluding tert-OH is 1. The van der Waals surface area contributed by atoms with E-state index in [0.717, 1.165) is 29.8 Å². The van der Waals surface area contributed by atoms with Crippen molar-refractivity contribution in [3.05, 3.63) is 53.5 Å². The third-order valence-corrected chi connectivity index (χ3v) is 5.41. The molecule has 0 aliphatic carbocycles. The highest BCUT2D eigenvalue weighted by Gasteiger charge is 2.34. The zero-order chi connectivity index (χ0) is 18.8. The fourth-order valence-corrected chi connectivity index (χ4v) is 3.96. The largest absolute Gasteiger partial charge is 0.391 e. The van der Waals surface area contributed by atoms with Crippen molar-refractivity contribution in [2.75, 3.05) is 13.1 Å². The molecule has 1 fully saturated rings. The molecule has 2 N–H and O–H groups in total. The van der Waals surface area contributed by atoms with Gasteiger partial charge in [0.2, 0.25) is 5.91 Å². The number of H-pyrrole nitrogens is 1. The Kier molecular flexibility index (Phi) is 4.99. The number of fused-ring (bicyclic) bond motifs is 1. The first-order valence-electron chi connectivity index (χ1n) is 9.53. The van der Waals surface area contributed by atoms with Crippen LogP contribution in [0.1, 0.15) is 29.9 Å². The fraction of sp³-hybridized carbons (Fsp3) is 0.429. The van der Waals surface area contributed by atoms with Crippen LogP contribution in [0.2, 0.25) is 0 Å². The minimum atomic E-state index is -0.507. The molecular weight excluding hydrogens is 342 g/mol. The van der Waals surface area contributed by atoms with Gasteiger partial charge in [0.1, 0.15) is 5.76 Å². The first kappa shape index (κ1) is 17.8. The lowest BCUT2D eigenvalue weighted by Crippen LogP contribution is -2.29. The zero-order valence-electron chi connectivity index (χ0n) is 15.5. The van der Waals surface area contributed by atoms with Gasteiger partial charge >= 0.3 is 0 Å². The number of aryl methyl sites for hydroxylation is 2. The Bertz CT molecular complexity index is 930. The number of aliphatic hydroxyl groups is 1. The summed E-state index contributed by atoms with van der Waals surface area (Å²) >= 11 is 0. The van der Waals surface area contributed by atoms with Gasteiger partial charge < -0.3 is 19.5 Å². The number of likely N-dealkylation sites (tertiary alicyclic amines) is 1. The molecule has 3 aromatic rings. The van der Waals surface area contributed by atoms with E-state index in [4.69, 9.17) is 4.52 Å². The second kappa shape index (κ2) is 7.56. The molecule has 0 unspecified atom stereocenters. The maximum absolute atomic E-state index is 12.6. The Labute approximate surface area is 158 Å². The minimum Gasteiger partial charge on any atom is -0.391 e. The van der Waals surface area contributed by atoms with Crippen molar-refractivity contribution in [1.29, 1.82) is 0 Å². The number of carbonyl (C=O) groups is 1. The fourth-order valence-electron chi connectivity index (χ4n) is 3.96. The summed E-state index contributed by atoms with van der Waals surface area (Å²) in [6.45, 7) is 2.86. The Balaban J connectivity index is 1.28. The van der Waals surface area contributed by atoms with Crippen molar-refractivity contribution < 1.29 is 14.4 Å². The predicted octanol–water partition coefficient (Wildman–Crippen LogP) is 2.85. The van der Waals surface area contributed by atoms with Crippen LogP contribution in [0.3, 0.4) is 0 Å². The lowest BCUT2D eigenvalue weighted by atomic mass is 10.0. The Morgan fingerprint density at radius 1 is 1.37 bits per heavy atom. The van der Waals surface area contributed by atoms with Crippen LogP contribution >= 0.6 is 0 Å². The number of amides is 1. The number of β-amino-alcohol motifs (C(OH)–C–C–N with tert-alkyl or cyclic N) is 1. The monoisotopic (exact) mass is 367 g/mol. The van der Waals surface area contributed by atoms with Gasteiger partial charge in [0.05, 0.1) is 11.8 Å². The van der Waals surface area contributed by atoms with E-state index in [9.17, 15) is 9.90 Å². The number of benzene rings is 1. The van der Waals surface area contributed by atoms with Crippen molar-refractivity contribution in [1.82, 2.24) is 15.0 Å². The van der Waals surface area contributed by atoms with Crippen molar-refractivity contribution in [2.24, 2.45) is 5.92 Å². The summed E-state index contributed by atoms with van der Waals surface area (Å²) in [5.41, 5.74) is 3.22. The molecule has 27 heavy (non-hydrogen) atoms. The summed E-state index contributed by atoms with van der Waals surface area (Å²) in [5.74, 6) is 0.894. The van der Waals surface area contributed by atoms with Gasteiger partial charge in [0.15, 0.2) is 0 Å². The smallest absolute Gasteiger partial charge is 0.222 e. The van der Waals surface area contributed by atoms with Gasteiger partial charge in [-0.1, -0.05) is 23.4 Å². The van der Waals surface area contributed by atoms with Crippen molar-refractivity contribution in [3.8, 4) is 0 Å². The van der Waals surface area contributed by atoms with Crippen LogP contribution in [0.4, 0.5) is 0 Å². The number of nitrogens with one attached hydrogen (secondary N) is 1. The average molecular weight is 367 g/mol. The molecular formula is C21H25N3O3. The highest BCUT2D eigenvalue weighted by Crippen LogP contribution is 2.24. The van der Waals surface area contributed by atoms with Crippen molar-refractivity contribution in [3.63, 3.8) is 0 Å². The van der Waals surface area contributed by atoms with Gasteiger partial charge in [0.25, 0.3) is 0 Å². The Morgan fingerprint density at radius 2 is 2.22 bits per heavy atom. The lowest BCUT2D eigenvalue weighted by Gasteiger charge is -2.15. The molecule has 3 heterocycles. The van der Waals surface area contributed by atoms with Crippen LogP contribution in [-0.2, 0) is 17.6 Å². The lowest BCUT2D eigenvalue weighted by molar-refractivity contribution is -0.130. The average Bonchev–Trinajstić information content (AvgIpc) is 3.35. The number of nitrogens with zero attached hydrogens (tertiary/aromatic N) is 2. The molecule has 0 radical (unpaired) electrons. The molecule has 2 atom stereocenters. The van der Waals surface area contributed by atoms with E-state index >= 15 is 0 Å². The molecule has 0 spiro atoms. The Morgan fingerprint density at radius 3 is 3.04 bits per heavy atom. The standard InChI is InChI=1S/C21H25N3O3/c1-14-9-17(27-23-14)10-16-12-24(13-20(16)25)21(26)8-4-5-15-11-22-19-7-3-2-6-18(15)19/h2-3,6-7,9,11,16,20,22,25H,4-5,8,10,12-13H2,1H3/t16-,20-/m1/s1. The number of aromatic nitrogens is 2. The molecule has 1 saturated heterocycles. The van der Waals surface area contributed by atoms with Gasteiger partial charge in [-0.05, 0) is 31.4 Å². The van der Waals surface area contributed by atoms with E-state index in [1.807, 2.05) is 31.3 Å². The van der Waals surface area contributed by atoms with Gasteiger partial charge in [-0.2, -0.15) is 0 Å². The second-order valence-corrected chi connectivity index (χ2v) is 7.48. The molecule has 6 heteroatoms. The molecule has 6 nitrogen and oxygen atoms in total. The van der Waals surface area contributed by atoms with Crippen LogP contribution in [0.15, 0.2) is 41.1 Å². The van der Waals surface area contributed by atoms with Crippen molar-refractivity contribution in [2.45, 2.75) is 38.7 Å². The van der Waals surface area contributed by atoms with E-state index in [-0.39, 0.29) is 11.8 Å². The summed E-state index contributed by atoms with van der Waals surface area (Å²) < 4.78 is 5.24. The van der Waals surface area contributed by atoms with Gasteiger partial charge in [-0.15, -0.1) is 0 Å². The number of aromatic amines is 1. The van der Waals surface area contributed by atoms with Crippen LogP contribution in [0, 0.1) is 12.8 Å². The third-order valence-electron chi connectivity index (χ3n) is 5.41. The summed E-state index contributed by atoms with van der Waals surface area (Å²) in [6, 6.07) is 10.1. The molecule has 1 aromatic carbocycles. The molecule has 0 bridgehead atoms. The summed E-state index contributed by atoms with van der Waals surface area (Å²) in [4.78, 5) is 17.6. The number of rotatable bonds is 6. The Hall–Kier alpha value is -2.60. The van der Waals surface area contributed by atoms with E-state index in [1.165, 1.54) is 10.9 Å². The molecule has 1 aliphatic rings. The summed E-state index contributed by atoms with van der Waals surface area (Å²) in [6.07, 6.45) is 4.31. The molecule has 1 aliphatic heterocycles. The highest BCUT2D eigenvalue weighted by molar-refractivity contribution is 5.83. The SMILES string of the molecule is Cc1cc(C[C@@H]2CN(C(=O)CCCc3c[nH]c4ccccc34)C[C@H]2O)on1. The normalized spacial score (nSPS) is 19.9. The first-order chi connectivity index (χ1) is 13.1. The summed E-state index contributed by atoms with van der Waals surface area (Å²) in [7, 11) is 0. The molecule has 1 amide bonds. The summed E-state index contributed by atoms with van der Waals surface area (Å²) in [5, 5.41) is 15.4. The highest BCUT2D eigenvalue weighted by atomic mass is 16.5.